The van der Waals surface area contributed by atoms with Gasteiger partial charge in [-0.25, -0.2) is 0 Å². The van der Waals surface area contributed by atoms with Crippen molar-refractivity contribution in [2.45, 2.75) is 20.3 Å². The highest BCUT2D eigenvalue weighted by molar-refractivity contribution is 6.30. The Morgan fingerprint density at radius 2 is 1.24 bits per heavy atom. The number of carbonyl (C=O) groups is 4. The first-order valence-corrected chi connectivity index (χ1v) is 5.18. The number of hydrogen-bond acceptors (Lipinski definition) is 4. The normalized spacial score (nSPS) is 13.8. The first kappa shape index (κ1) is 11.4. The number of carbonyl (C=O) groups excluding carboxylic acids is 4. The van der Waals surface area contributed by atoms with Gasteiger partial charge in [0.15, 0.2) is 23.1 Å². The van der Waals surface area contributed by atoms with E-state index in [4.69, 9.17) is 0 Å². The second-order valence-corrected chi connectivity index (χ2v) is 4.05. The standard InChI is InChI=1S/C13H10O4/c1-6(14)8-3-4-9(7(2)15)13-11(17)5-10(16)12(8)13/h3-4H,5H2,1-2H3. The summed E-state index contributed by atoms with van der Waals surface area (Å²) in [5.74, 6) is -1.31. The van der Waals surface area contributed by atoms with Gasteiger partial charge in [-0.15, -0.1) is 0 Å². The van der Waals surface area contributed by atoms with Crippen molar-refractivity contribution >= 4 is 23.1 Å². The molecule has 1 aromatic rings. The van der Waals surface area contributed by atoms with Crippen molar-refractivity contribution in [3.8, 4) is 0 Å². The molecule has 1 aliphatic rings. The molecule has 0 spiro atoms. The molecule has 0 bridgehead atoms. The van der Waals surface area contributed by atoms with Crippen molar-refractivity contribution in [2.75, 3.05) is 0 Å². The minimum atomic E-state index is -0.377. The molecule has 0 saturated heterocycles. The van der Waals surface area contributed by atoms with Gasteiger partial charge in [0.05, 0.1) is 6.42 Å². The number of rotatable bonds is 2. The zero-order chi connectivity index (χ0) is 12.7. The molecular formula is C13H10O4. The Kier molecular flexibility index (Phi) is 2.50. The number of hydrogen-bond donors (Lipinski definition) is 0. The van der Waals surface area contributed by atoms with Crippen molar-refractivity contribution in [1.82, 2.24) is 0 Å². The van der Waals surface area contributed by atoms with E-state index in [1.807, 2.05) is 0 Å². The lowest BCUT2D eigenvalue weighted by Gasteiger charge is -2.07. The van der Waals surface area contributed by atoms with E-state index in [1.54, 1.807) is 0 Å². The average molecular weight is 230 g/mol. The van der Waals surface area contributed by atoms with Gasteiger partial charge in [0.25, 0.3) is 0 Å². The molecule has 0 amide bonds. The van der Waals surface area contributed by atoms with Gasteiger partial charge in [-0.2, -0.15) is 0 Å². The summed E-state index contributed by atoms with van der Waals surface area (Å²) >= 11 is 0. The van der Waals surface area contributed by atoms with Gasteiger partial charge in [-0.1, -0.05) is 0 Å². The average Bonchev–Trinajstić information content (AvgIpc) is 2.54. The molecule has 86 valence electrons. The topological polar surface area (TPSA) is 68.3 Å². The molecule has 1 aliphatic carbocycles. The lowest BCUT2D eigenvalue weighted by molar-refractivity contribution is 0.0912. The van der Waals surface area contributed by atoms with Gasteiger partial charge in [0.1, 0.15) is 0 Å². The van der Waals surface area contributed by atoms with Crippen LogP contribution in [0.2, 0.25) is 0 Å². The van der Waals surface area contributed by atoms with Crippen LogP contribution < -0.4 is 0 Å². The minimum absolute atomic E-state index is 0.121. The van der Waals surface area contributed by atoms with Gasteiger partial charge < -0.3 is 0 Å². The summed E-state index contributed by atoms with van der Waals surface area (Å²) in [5, 5.41) is 0. The molecule has 0 fully saturated rings. The summed E-state index contributed by atoms with van der Waals surface area (Å²) in [5.41, 5.74) is 0.687. The van der Waals surface area contributed by atoms with E-state index < -0.39 is 0 Å². The van der Waals surface area contributed by atoms with Crippen LogP contribution in [0.3, 0.4) is 0 Å². The summed E-state index contributed by atoms with van der Waals surface area (Å²) in [4.78, 5) is 46.2. The first-order valence-electron chi connectivity index (χ1n) is 5.18. The van der Waals surface area contributed by atoms with Crippen molar-refractivity contribution < 1.29 is 19.2 Å². The van der Waals surface area contributed by atoms with Gasteiger partial charge in [0, 0.05) is 22.3 Å². The molecule has 0 N–H and O–H groups in total. The number of fused-ring (bicyclic) bond motifs is 1. The molecule has 0 saturated carbocycles. The summed E-state index contributed by atoms with van der Waals surface area (Å²) in [6, 6.07) is 2.88. The van der Waals surface area contributed by atoms with Crippen molar-refractivity contribution in [1.29, 1.82) is 0 Å². The molecule has 0 atom stereocenters. The first-order chi connectivity index (χ1) is 7.93. The molecule has 4 nitrogen and oxygen atoms in total. The molecule has 0 radical (unpaired) electrons. The van der Waals surface area contributed by atoms with Crippen LogP contribution in [0.5, 0.6) is 0 Å². The van der Waals surface area contributed by atoms with E-state index in [-0.39, 0.29) is 51.8 Å². The molecular weight excluding hydrogens is 220 g/mol. The largest absolute Gasteiger partial charge is 0.294 e. The molecule has 0 unspecified atom stereocenters. The van der Waals surface area contributed by atoms with Crippen LogP contribution in [-0.4, -0.2) is 23.1 Å². The molecule has 4 heteroatoms. The number of ketones is 4. The Balaban J connectivity index is 2.84. The van der Waals surface area contributed by atoms with Crippen molar-refractivity contribution in [3.63, 3.8) is 0 Å². The molecule has 0 aromatic heterocycles. The van der Waals surface area contributed by atoms with E-state index in [0.29, 0.717) is 0 Å². The third-order valence-corrected chi connectivity index (χ3v) is 2.84. The van der Waals surface area contributed by atoms with Gasteiger partial charge in [-0.3, -0.25) is 19.2 Å². The highest BCUT2D eigenvalue weighted by atomic mass is 16.2. The van der Waals surface area contributed by atoms with Crippen LogP contribution in [0.4, 0.5) is 0 Å². The minimum Gasteiger partial charge on any atom is -0.294 e. The SMILES string of the molecule is CC(=O)c1ccc(C(C)=O)c2c1C(=O)CC2=O. The van der Waals surface area contributed by atoms with Crippen LogP contribution in [0.25, 0.3) is 0 Å². The monoisotopic (exact) mass is 230 g/mol. The van der Waals surface area contributed by atoms with Gasteiger partial charge in [0.2, 0.25) is 0 Å². The third kappa shape index (κ3) is 1.62. The summed E-state index contributed by atoms with van der Waals surface area (Å²) in [6.45, 7) is 2.66. The Bertz CT molecular complexity index is 530. The molecule has 1 aromatic carbocycles. The number of Topliss-reactive ketones (excluding diaryl/α,β-unsaturated/α-hetero) is 4. The molecule has 17 heavy (non-hydrogen) atoms. The second-order valence-electron chi connectivity index (χ2n) is 4.05. The zero-order valence-corrected chi connectivity index (χ0v) is 9.49. The van der Waals surface area contributed by atoms with Crippen LogP contribution in [0, 0.1) is 0 Å². The van der Waals surface area contributed by atoms with Crippen LogP contribution >= 0.6 is 0 Å². The highest BCUT2D eigenvalue weighted by Crippen LogP contribution is 2.29. The fourth-order valence-electron chi connectivity index (χ4n) is 2.09. The summed E-state index contributed by atoms with van der Waals surface area (Å²) in [6.07, 6.45) is -0.250. The van der Waals surface area contributed by atoms with E-state index in [0.717, 1.165) is 0 Å². The quantitative estimate of drug-likeness (QED) is 0.574. The predicted molar refractivity (Wildman–Crippen MR) is 59.7 cm³/mol. The van der Waals surface area contributed by atoms with Crippen molar-refractivity contribution in [3.05, 3.63) is 34.4 Å². The maximum absolute atomic E-state index is 11.7. The van der Waals surface area contributed by atoms with Crippen LogP contribution in [0.1, 0.15) is 61.7 Å². The Labute approximate surface area is 97.6 Å². The van der Waals surface area contributed by atoms with E-state index in [9.17, 15) is 19.2 Å². The molecule has 2 rings (SSSR count). The second kappa shape index (κ2) is 3.73. The molecule has 0 aliphatic heterocycles. The van der Waals surface area contributed by atoms with E-state index in [1.165, 1.54) is 26.0 Å². The smallest absolute Gasteiger partial charge is 0.172 e. The third-order valence-electron chi connectivity index (χ3n) is 2.84. The van der Waals surface area contributed by atoms with E-state index in [2.05, 4.69) is 0 Å². The van der Waals surface area contributed by atoms with E-state index >= 15 is 0 Å². The molecule has 0 heterocycles. The Morgan fingerprint density at radius 1 is 0.882 bits per heavy atom. The fraction of sp³-hybridized carbons (Fsp3) is 0.231. The fourth-order valence-corrected chi connectivity index (χ4v) is 2.09. The highest BCUT2D eigenvalue weighted by Gasteiger charge is 2.34. The van der Waals surface area contributed by atoms with Gasteiger partial charge >= 0.3 is 0 Å². The van der Waals surface area contributed by atoms with Crippen LogP contribution in [-0.2, 0) is 0 Å². The van der Waals surface area contributed by atoms with Crippen LogP contribution in [0.15, 0.2) is 12.1 Å². The predicted octanol–water partition coefficient (Wildman–Crippen LogP) is 1.86. The Morgan fingerprint density at radius 3 is 1.53 bits per heavy atom. The van der Waals surface area contributed by atoms with Gasteiger partial charge in [-0.05, 0) is 26.0 Å². The maximum Gasteiger partial charge on any atom is 0.172 e. The Hall–Kier alpha value is -2.10. The lowest BCUT2D eigenvalue weighted by atomic mass is 9.94. The van der Waals surface area contributed by atoms with Crippen molar-refractivity contribution in [2.24, 2.45) is 0 Å². The summed E-state index contributed by atoms with van der Waals surface area (Å²) < 4.78 is 0. The maximum atomic E-state index is 11.7. The zero-order valence-electron chi connectivity index (χ0n) is 9.49. The lowest BCUT2D eigenvalue weighted by Crippen LogP contribution is -2.08. The summed E-state index contributed by atoms with van der Waals surface area (Å²) in [7, 11) is 0. The number of benzene rings is 1.